The van der Waals surface area contributed by atoms with Gasteiger partial charge in [0.1, 0.15) is 6.61 Å². The van der Waals surface area contributed by atoms with Crippen molar-refractivity contribution in [2.45, 2.75) is 6.61 Å². The van der Waals surface area contributed by atoms with Crippen molar-refractivity contribution in [1.82, 2.24) is 0 Å². The molecule has 2 aromatic carbocycles. The Balaban J connectivity index is 1.92. The van der Waals surface area contributed by atoms with Crippen LogP contribution in [-0.2, 0) is 20.9 Å². The van der Waals surface area contributed by atoms with Crippen LogP contribution >= 0.6 is 0 Å². The number of carbonyl (C=O) groups is 2. The second-order valence-electron chi connectivity index (χ2n) is 4.87. The monoisotopic (exact) mass is 321 g/mol. The molecule has 0 spiro atoms. The lowest BCUT2D eigenvalue weighted by Gasteiger charge is -2.04. The number of esters is 2. The molecule has 0 N–H and O–H groups in total. The van der Waals surface area contributed by atoms with E-state index < -0.39 is 11.9 Å². The molecule has 0 fully saturated rings. The normalized spacial score (nSPS) is 10.2. The highest BCUT2D eigenvalue weighted by Gasteiger charge is 2.06. The average molecular weight is 321 g/mol. The number of nitriles is 1. The fourth-order valence-corrected chi connectivity index (χ4v) is 1.94. The minimum atomic E-state index is -0.497. The van der Waals surface area contributed by atoms with E-state index in [1.54, 1.807) is 54.6 Å². The summed E-state index contributed by atoms with van der Waals surface area (Å²) in [4.78, 5) is 23.2. The van der Waals surface area contributed by atoms with Gasteiger partial charge in [0.05, 0.1) is 24.3 Å². The molecule has 0 atom stereocenters. The Bertz CT molecular complexity index is 801. The van der Waals surface area contributed by atoms with Crippen molar-refractivity contribution in [2.75, 3.05) is 7.11 Å². The molecule has 0 aliphatic carbocycles. The number of hydrogen-bond acceptors (Lipinski definition) is 5. The Hall–Kier alpha value is -3.39. The Morgan fingerprint density at radius 1 is 1.17 bits per heavy atom. The highest BCUT2D eigenvalue weighted by Crippen LogP contribution is 2.09. The maximum Gasteiger partial charge on any atom is 0.337 e. The van der Waals surface area contributed by atoms with E-state index in [2.05, 4.69) is 4.74 Å². The summed E-state index contributed by atoms with van der Waals surface area (Å²) in [6, 6.07) is 15.5. The van der Waals surface area contributed by atoms with Crippen molar-refractivity contribution in [1.29, 1.82) is 5.26 Å². The molecule has 2 aromatic rings. The number of methoxy groups -OCH3 is 1. The zero-order valence-corrected chi connectivity index (χ0v) is 13.1. The quantitative estimate of drug-likeness (QED) is 0.625. The highest BCUT2D eigenvalue weighted by molar-refractivity contribution is 5.89. The lowest BCUT2D eigenvalue weighted by atomic mass is 10.1. The topological polar surface area (TPSA) is 76.4 Å². The number of rotatable bonds is 5. The summed E-state index contributed by atoms with van der Waals surface area (Å²) in [7, 11) is 1.31. The van der Waals surface area contributed by atoms with Crippen molar-refractivity contribution < 1.29 is 19.1 Å². The first-order valence-electron chi connectivity index (χ1n) is 7.14. The van der Waals surface area contributed by atoms with Gasteiger partial charge in [-0.2, -0.15) is 5.26 Å². The Morgan fingerprint density at radius 3 is 2.58 bits per heavy atom. The van der Waals surface area contributed by atoms with E-state index in [0.717, 1.165) is 5.56 Å². The third-order valence-corrected chi connectivity index (χ3v) is 3.18. The minimum Gasteiger partial charge on any atom is -0.465 e. The summed E-state index contributed by atoms with van der Waals surface area (Å²) >= 11 is 0. The van der Waals surface area contributed by atoms with Crippen LogP contribution in [0.4, 0.5) is 0 Å². The zero-order chi connectivity index (χ0) is 17.4. The van der Waals surface area contributed by atoms with Gasteiger partial charge in [0.2, 0.25) is 0 Å². The molecular formula is C19H15NO4. The van der Waals surface area contributed by atoms with Gasteiger partial charge in [-0.3, -0.25) is 0 Å². The molecule has 5 nitrogen and oxygen atoms in total. The van der Waals surface area contributed by atoms with Crippen LogP contribution in [0, 0.1) is 11.3 Å². The highest BCUT2D eigenvalue weighted by atomic mass is 16.5. The summed E-state index contributed by atoms with van der Waals surface area (Å²) in [6.45, 7) is 0.0569. The molecule has 5 heteroatoms. The maximum absolute atomic E-state index is 11.7. The van der Waals surface area contributed by atoms with Gasteiger partial charge in [0, 0.05) is 6.08 Å². The second kappa shape index (κ2) is 8.30. The van der Waals surface area contributed by atoms with Crippen LogP contribution in [0.15, 0.2) is 54.6 Å². The van der Waals surface area contributed by atoms with E-state index >= 15 is 0 Å². The third kappa shape index (κ3) is 4.82. The first-order valence-corrected chi connectivity index (χ1v) is 7.14. The predicted octanol–water partition coefficient (Wildman–Crippen LogP) is 3.10. The van der Waals surface area contributed by atoms with Crippen molar-refractivity contribution in [2.24, 2.45) is 0 Å². The van der Waals surface area contributed by atoms with Crippen LogP contribution in [0.2, 0.25) is 0 Å². The van der Waals surface area contributed by atoms with E-state index in [1.807, 2.05) is 6.07 Å². The maximum atomic E-state index is 11.7. The molecule has 0 saturated carbocycles. The number of hydrogen-bond donors (Lipinski definition) is 0. The van der Waals surface area contributed by atoms with Gasteiger partial charge in [-0.25, -0.2) is 9.59 Å². The number of nitrogens with zero attached hydrogens (tertiary/aromatic N) is 1. The first kappa shape index (κ1) is 17.0. The van der Waals surface area contributed by atoms with Gasteiger partial charge in [-0.1, -0.05) is 24.3 Å². The smallest absolute Gasteiger partial charge is 0.337 e. The summed E-state index contributed by atoms with van der Waals surface area (Å²) < 4.78 is 9.78. The van der Waals surface area contributed by atoms with Crippen molar-refractivity contribution >= 4 is 18.0 Å². The van der Waals surface area contributed by atoms with Gasteiger partial charge < -0.3 is 9.47 Å². The number of carbonyl (C=O) groups excluding carboxylic acids is 2. The molecule has 120 valence electrons. The SMILES string of the molecule is COC(=O)c1cccc(COC(=O)/C=C/c2ccc(C#N)cc2)c1. The van der Waals surface area contributed by atoms with E-state index in [9.17, 15) is 9.59 Å². The van der Waals surface area contributed by atoms with Crippen LogP contribution in [0.5, 0.6) is 0 Å². The summed E-state index contributed by atoms with van der Waals surface area (Å²) in [5.41, 5.74) is 2.44. The van der Waals surface area contributed by atoms with Crippen LogP contribution in [0.1, 0.15) is 27.0 Å². The van der Waals surface area contributed by atoms with Crippen LogP contribution < -0.4 is 0 Å². The Labute approximate surface area is 139 Å². The summed E-state index contributed by atoms with van der Waals surface area (Å²) in [6.07, 6.45) is 2.92. The summed E-state index contributed by atoms with van der Waals surface area (Å²) in [5, 5.41) is 8.72. The average Bonchev–Trinajstić information content (AvgIpc) is 2.64. The van der Waals surface area contributed by atoms with E-state index in [1.165, 1.54) is 13.2 Å². The predicted molar refractivity (Wildman–Crippen MR) is 87.8 cm³/mol. The second-order valence-corrected chi connectivity index (χ2v) is 4.87. The van der Waals surface area contributed by atoms with E-state index in [0.29, 0.717) is 16.7 Å². The molecule has 0 unspecified atom stereocenters. The fraction of sp³-hybridized carbons (Fsp3) is 0.105. The van der Waals surface area contributed by atoms with Crippen molar-refractivity contribution in [3.8, 4) is 6.07 Å². The van der Waals surface area contributed by atoms with Crippen molar-refractivity contribution in [3.05, 3.63) is 76.9 Å². The largest absolute Gasteiger partial charge is 0.465 e. The van der Waals surface area contributed by atoms with Gasteiger partial charge in [-0.15, -0.1) is 0 Å². The van der Waals surface area contributed by atoms with E-state index in [4.69, 9.17) is 10.00 Å². The standard InChI is InChI=1S/C19H15NO4/c1-23-19(22)17-4-2-3-16(11-17)13-24-18(21)10-9-14-5-7-15(12-20)8-6-14/h2-11H,13H2,1H3/b10-9+. The Kier molecular flexibility index (Phi) is 5.87. The van der Waals surface area contributed by atoms with Gasteiger partial charge in [-0.05, 0) is 41.5 Å². The van der Waals surface area contributed by atoms with Gasteiger partial charge >= 0.3 is 11.9 Å². The first-order chi connectivity index (χ1) is 11.6. The lowest BCUT2D eigenvalue weighted by molar-refractivity contribution is -0.138. The van der Waals surface area contributed by atoms with Gasteiger partial charge in [0.15, 0.2) is 0 Å². The van der Waals surface area contributed by atoms with Crippen molar-refractivity contribution in [3.63, 3.8) is 0 Å². The third-order valence-electron chi connectivity index (χ3n) is 3.18. The molecular weight excluding hydrogens is 306 g/mol. The van der Waals surface area contributed by atoms with E-state index in [-0.39, 0.29) is 6.61 Å². The molecule has 0 aromatic heterocycles. The molecule has 0 aliphatic rings. The molecule has 0 heterocycles. The molecule has 0 radical (unpaired) electrons. The molecule has 0 bridgehead atoms. The number of benzene rings is 2. The fourth-order valence-electron chi connectivity index (χ4n) is 1.94. The van der Waals surface area contributed by atoms with Crippen LogP contribution in [-0.4, -0.2) is 19.0 Å². The van der Waals surface area contributed by atoms with Crippen LogP contribution in [0.3, 0.4) is 0 Å². The Morgan fingerprint density at radius 2 is 1.92 bits per heavy atom. The minimum absolute atomic E-state index is 0.0569. The molecule has 24 heavy (non-hydrogen) atoms. The zero-order valence-electron chi connectivity index (χ0n) is 13.1. The molecule has 0 aliphatic heterocycles. The van der Waals surface area contributed by atoms with Crippen LogP contribution in [0.25, 0.3) is 6.08 Å². The molecule has 0 saturated heterocycles. The number of ether oxygens (including phenoxy) is 2. The lowest BCUT2D eigenvalue weighted by Crippen LogP contribution is -2.04. The summed E-state index contributed by atoms with van der Waals surface area (Å²) in [5.74, 6) is -0.938. The van der Waals surface area contributed by atoms with Gasteiger partial charge in [0.25, 0.3) is 0 Å². The molecule has 2 rings (SSSR count). The molecule has 0 amide bonds.